The Morgan fingerprint density at radius 1 is 1.47 bits per heavy atom. The summed E-state index contributed by atoms with van der Waals surface area (Å²) in [4.78, 5) is 11.2. The topological polar surface area (TPSA) is 35.5 Å². The molecule has 0 heterocycles. The van der Waals surface area contributed by atoms with E-state index in [0.717, 1.165) is 0 Å². The molecule has 0 aromatic heterocycles. The van der Waals surface area contributed by atoms with Gasteiger partial charge < -0.3 is 9.47 Å². The largest absolute Gasteiger partial charge is 0.491 e. The van der Waals surface area contributed by atoms with Crippen LogP contribution in [0.15, 0.2) is 12.1 Å². The van der Waals surface area contributed by atoms with Gasteiger partial charge in [0, 0.05) is 5.56 Å². The van der Waals surface area contributed by atoms with E-state index < -0.39 is 0 Å². The van der Waals surface area contributed by atoms with Crippen LogP contribution >= 0.6 is 11.6 Å². The molecule has 1 rings (SSSR count). The average Bonchev–Trinajstić information content (AvgIpc) is 2.17. The molecule has 0 amide bonds. The van der Waals surface area contributed by atoms with Crippen molar-refractivity contribution in [1.29, 1.82) is 0 Å². The fourth-order valence-corrected chi connectivity index (χ4v) is 1.52. The van der Waals surface area contributed by atoms with Crippen molar-refractivity contribution in [2.45, 2.75) is 13.8 Å². The number of methoxy groups -OCH3 is 1. The Hall–Kier alpha value is -1.22. The molecule has 0 aliphatic rings. The van der Waals surface area contributed by atoms with Gasteiger partial charge in [-0.2, -0.15) is 0 Å². The SMILES string of the molecule is CCOc1cc(C(C)=O)cc(Cl)c1OC. The summed E-state index contributed by atoms with van der Waals surface area (Å²) in [6, 6.07) is 3.21. The van der Waals surface area contributed by atoms with Crippen LogP contribution in [0, 0.1) is 0 Å². The normalized spacial score (nSPS) is 9.87. The number of benzene rings is 1. The summed E-state index contributed by atoms with van der Waals surface area (Å²) in [7, 11) is 1.51. The summed E-state index contributed by atoms with van der Waals surface area (Å²) in [5.74, 6) is 0.904. The summed E-state index contributed by atoms with van der Waals surface area (Å²) < 4.78 is 10.4. The Morgan fingerprint density at radius 3 is 2.60 bits per heavy atom. The highest BCUT2D eigenvalue weighted by atomic mass is 35.5. The second-order valence-electron chi connectivity index (χ2n) is 2.98. The molecule has 1 aromatic carbocycles. The van der Waals surface area contributed by atoms with E-state index in [9.17, 15) is 4.79 Å². The maximum Gasteiger partial charge on any atom is 0.179 e. The maximum atomic E-state index is 11.2. The first-order valence-corrected chi connectivity index (χ1v) is 4.99. The van der Waals surface area contributed by atoms with Crippen LogP contribution in [0.5, 0.6) is 11.5 Å². The van der Waals surface area contributed by atoms with E-state index in [0.29, 0.717) is 28.7 Å². The van der Waals surface area contributed by atoms with E-state index in [1.807, 2.05) is 6.92 Å². The highest BCUT2D eigenvalue weighted by Crippen LogP contribution is 2.36. The van der Waals surface area contributed by atoms with E-state index in [4.69, 9.17) is 21.1 Å². The number of Topliss-reactive ketones (excluding diaryl/α,β-unsaturated/α-hetero) is 1. The second-order valence-corrected chi connectivity index (χ2v) is 3.39. The van der Waals surface area contributed by atoms with Crippen molar-refractivity contribution in [1.82, 2.24) is 0 Å². The van der Waals surface area contributed by atoms with Crippen LogP contribution in [0.2, 0.25) is 5.02 Å². The van der Waals surface area contributed by atoms with E-state index in [1.54, 1.807) is 12.1 Å². The van der Waals surface area contributed by atoms with Crippen LogP contribution in [-0.2, 0) is 0 Å². The van der Waals surface area contributed by atoms with Gasteiger partial charge in [0.1, 0.15) is 0 Å². The molecule has 0 saturated heterocycles. The quantitative estimate of drug-likeness (QED) is 0.744. The van der Waals surface area contributed by atoms with Crippen molar-refractivity contribution in [2.24, 2.45) is 0 Å². The van der Waals surface area contributed by atoms with Crippen molar-refractivity contribution in [2.75, 3.05) is 13.7 Å². The van der Waals surface area contributed by atoms with Gasteiger partial charge in [0.15, 0.2) is 17.3 Å². The number of hydrogen-bond acceptors (Lipinski definition) is 3. The van der Waals surface area contributed by atoms with Crippen LogP contribution in [0.25, 0.3) is 0 Å². The molecule has 0 bridgehead atoms. The van der Waals surface area contributed by atoms with Gasteiger partial charge in [-0.1, -0.05) is 11.6 Å². The van der Waals surface area contributed by atoms with E-state index >= 15 is 0 Å². The van der Waals surface area contributed by atoms with Gasteiger partial charge in [0.2, 0.25) is 0 Å². The fourth-order valence-electron chi connectivity index (χ4n) is 1.23. The number of ketones is 1. The number of hydrogen-bond donors (Lipinski definition) is 0. The first-order chi connectivity index (χ1) is 7.10. The lowest BCUT2D eigenvalue weighted by Crippen LogP contribution is -1.99. The van der Waals surface area contributed by atoms with Gasteiger partial charge in [-0.15, -0.1) is 0 Å². The van der Waals surface area contributed by atoms with E-state index in [1.165, 1.54) is 14.0 Å². The molecule has 1 aromatic rings. The summed E-state index contributed by atoms with van der Waals surface area (Å²) in [5.41, 5.74) is 0.518. The lowest BCUT2D eigenvalue weighted by Gasteiger charge is -2.11. The van der Waals surface area contributed by atoms with Crippen LogP contribution < -0.4 is 9.47 Å². The first-order valence-electron chi connectivity index (χ1n) is 4.61. The first kappa shape index (κ1) is 11.9. The van der Waals surface area contributed by atoms with Crippen LogP contribution in [-0.4, -0.2) is 19.5 Å². The molecule has 3 nitrogen and oxygen atoms in total. The third kappa shape index (κ3) is 2.63. The van der Waals surface area contributed by atoms with E-state index in [-0.39, 0.29) is 5.78 Å². The highest BCUT2D eigenvalue weighted by molar-refractivity contribution is 6.32. The zero-order chi connectivity index (χ0) is 11.4. The predicted molar refractivity (Wildman–Crippen MR) is 59.2 cm³/mol. The number of carbonyl (C=O) groups is 1. The maximum absolute atomic E-state index is 11.2. The van der Waals surface area contributed by atoms with Gasteiger partial charge in [0.05, 0.1) is 18.7 Å². The Balaban J connectivity index is 3.25. The summed E-state index contributed by atoms with van der Waals surface area (Å²) >= 11 is 5.96. The molecule has 0 saturated carbocycles. The Kier molecular flexibility index (Phi) is 3.97. The molecule has 15 heavy (non-hydrogen) atoms. The minimum Gasteiger partial charge on any atom is -0.491 e. The number of halogens is 1. The summed E-state index contributed by atoms with van der Waals surface area (Å²) in [5, 5.41) is 0.383. The Morgan fingerprint density at radius 2 is 2.13 bits per heavy atom. The van der Waals surface area contributed by atoms with Crippen LogP contribution in [0.3, 0.4) is 0 Å². The lowest BCUT2D eigenvalue weighted by molar-refractivity contribution is 0.101. The number of rotatable bonds is 4. The van der Waals surface area contributed by atoms with E-state index in [2.05, 4.69) is 0 Å². The molecular weight excluding hydrogens is 216 g/mol. The summed E-state index contributed by atoms with van der Waals surface area (Å²) in [6.45, 7) is 3.83. The molecule has 0 radical (unpaired) electrons. The summed E-state index contributed by atoms with van der Waals surface area (Å²) in [6.07, 6.45) is 0. The van der Waals surface area contributed by atoms with Crippen molar-refractivity contribution in [3.8, 4) is 11.5 Å². The van der Waals surface area contributed by atoms with Crippen molar-refractivity contribution in [3.05, 3.63) is 22.7 Å². The average molecular weight is 229 g/mol. The number of carbonyl (C=O) groups excluding carboxylic acids is 1. The van der Waals surface area contributed by atoms with Crippen molar-refractivity contribution >= 4 is 17.4 Å². The molecule has 4 heteroatoms. The molecule has 0 N–H and O–H groups in total. The number of ether oxygens (including phenoxy) is 2. The molecule has 0 atom stereocenters. The van der Waals surface area contributed by atoms with Gasteiger partial charge in [-0.3, -0.25) is 4.79 Å². The van der Waals surface area contributed by atoms with Crippen LogP contribution in [0.1, 0.15) is 24.2 Å². The minimum atomic E-state index is -0.0551. The Labute approximate surface area is 93.9 Å². The second kappa shape index (κ2) is 5.03. The molecule has 0 aliphatic heterocycles. The van der Waals surface area contributed by atoms with Crippen molar-refractivity contribution < 1.29 is 14.3 Å². The third-order valence-electron chi connectivity index (χ3n) is 1.92. The minimum absolute atomic E-state index is 0.0551. The monoisotopic (exact) mass is 228 g/mol. The molecular formula is C11H13ClO3. The van der Waals surface area contributed by atoms with Gasteiger partial charge in [-0.05, 0) is 26.0 Å². The molecule has 82 valence electrons. The molecule has 0 spiro atoms. The molecule has 0 unspecified atom stereocenters. The fraction of sp³-hybridized carbons (Fsp3) is 0.364. The van der Waals surface area contributed by atoms with Crippen molar-refractivity contribution in [3.63, 3.8) is 0 Å². The van der Waals surface area contributed by atoms with Gasteiger partial charge >= 0.3 is 0 Å². The van der Waals surface area contributed by atoms with Crippen LogP contribution in [0.4, 0.5) is 0 Å². The van der Waals surface area contributed by atoms with Gasteiger partial charge in [-0.25, -0.2) is 0 Å². The zero-order valence-electron chi connectivity index (χ0n) is 8.96. The zero-order valence-corrected chi connectivity index (χ0v) is 9.72. The van der Waals surface area contributed by atoms with Gasteiger partial charge in [0.25, 0.3) is 0 Å². The highest BCUT2D eigenvalue weighted by Gasteiger charge is 2.13. The molecule has 0 fully saturated rings. The Bertz CT molecular complexity index is 374. The standard InChI is InChI=1S/C11H13ClO3/c1-4-15-10-6-8(7(2)13)5-9(12)11(10)14-3/h5-6H,4H2,1-3H3. The molecule has 0 aliphatic carbocycles. The lowest BCUT2D eigenvalue weighted by atomic mass is 10.1. The predicted octanol–water partition coefficient (Wildman–Crippen LogP) is 2.95. The smallest absolute Gasteiger partial charge is 0.179 e. The third-order valence-corrected chi connectivity index (χ3v) is 2.20.